The van der Waals surface area contributed by atoms with Crippen LogP contribution in [-0.4, -0.2) is 44.9 Å². The Bertz CT molecular complexity index is 1270. The number of aromatic nitrogens is 3. The van der Waals surface area contributed by atoms with Gasteiger partial charge in [0.2, 0.25) is 11.0 Å². The Hall–Kier alpha value is -4.24. The third-order valence-corrected chi connectivity index (χ3v) is 5.91. The Kier molecular flexibility index (Phi) is 10.6. The minimum absolute atomic E-state index is 0.0227. The van der Waals surface area contributed by atoms with Gasteiger partial charge < -0.3 is 26.1 Å². The minimum atomic E-state index is -4.81. The van der Waals surface area contributed by atoms with Crippen LogP contribution in [0.2, 0.25) is 0 Å². The van der Waals surface area contributed by atoms with Crippen molar-refractivity contribution in [1.82, 2.24) is 25.5 Å². The van der Waals surface area contributed by atoms with Gasteiger partial charge in [-0.05, 0) is 42.2 Å². The number of halogens is 3. The van der Waals surface area contributed by atoms with Gasteiger partial charge in [0.05, 0.1) is 6.42 Å². The van der Waals surface area contributed by atoms with Crippen molar-refractivity contribution >= 4 is 28.3 Å². The normalized spacial score (nSPS) is 11.6. The van der Waals surface area contributed by atoms with Gasteiger partial charge in [0.1, 0.15) is 16.5 Å². The van der Waals surface area contributed by atoms with Crippen LogP contribution in [0.15, 0.2) is 60.7 Å². The summed E-state index contributed by atoms with van der Waals surface area (Å²) >= 11 is 1.20. The van der Waals surface area contributed by atoms with Crippen molar-refractivity contribution in [2.75, 3.05) is 11.9 Å². The van der Waals surface area contributed by atoms with Crippen LogP contribution in [0.4, 0.5) is 18.3 Å². The standard InChI is InChI=1S/C24H27F3N8O3S/c25-24(26,27)38-18-7-3-5-16(11-18)12-20(36)32-23-34-33-21(39-23)8-1-2-10-35(29)15-19(28)22(37)31-14-17-6-4-9-30-13-17/h3-7,9,11,13,15H,1-2,8,10,12,14,28-29H2,(H,31,37)(H,32,34,36)/b19-15-. The molecule has 6 N–H and O–H groups in total. The van der Waals surface area contributed by atoms with Gasteiger partial charge in [-0.1, -0.05) is 29.5 Å². The maximum atomic E-state index is 12.4. The molecule has 11 nitrogen and oxygen atoms in total. The average molecular weight is 565 g/mol. The van der Waals surface area contributed by atoms with E-state index in [1.54, 1.807) is 18.5 Å². The number of benzene rings is 1. The maximum absolute atomic E-state index is 12.4. The summed E-state index contributed by atoms with van der Waals surface area (Å²) < 4.78 is 41.0. The highest BCUT2D eigenvalue weighted by molar-refractivity contribution is 7.15. The largest absolute Gasteiger partial charge is 0.573 e. The quantitative estimate of drug-likeness (QED) is 0.106. The number of amides is 2. The van der Waals surface area contributed by atoms with E-state index in [1.807, 2.05) is 6.07 Å². The highest BCUT2D eigenvalue weighted by Crippen LogP contribution is 2.24. The molecule has 0 aliphatic heterocycles. The average Bonchev–Trinajstić information content (AvgIpc) is 3.31. The van der Waals surface area contributed by atoms with E-state index in [0.29, 0.717) is 42.9 Å². The number of pyridine rings is 1. The number of ether oxygens (including phenoxy) is 1. The predicted molar refractivity (Wildman–Crippen MR) is 138 cm³/mol. The first-order chi connectivity index (χ1) is 18.6. The van der Waals surface area contributed by atoms with Gasteiger partial charge >= 0.3 is 6.36 Å². The molecule has 39 heavy (non-hydrogen) atoms. The minimum Gasteiger partial charge on any atom is -0.406 e. The molecule has 0 bridgehead atoms. The van der Waals surface area contributed by atoms with Crippen LogP contribution in [0, 0.1) is 0 Å². The molecule has 15 heteroatoms. The number of hydrogen-bond donors (Lipinski definition) is 4. The van der Waals surface area contributed by atoms with Crippen LogP contribution in [0.1, 0.15) is 29.0 Å². The third kappa shape index (κ3) is 11.0. The fourth-order valence-electron chi connectivity index (χ4n) is 3.27. The molecule has 1 aromatic carbocycles. The molecule has 0 saturated carbocycles. The maximum Gasteiger partial charge on any atom is 0.573 e. The van der Waals surface area contributed by atoms with Crippen molar-refractivity contribution in [3.8, 4) is 5.75 Å². The second-order valence-corrected chi connectivity index (χ2v) is 9.31. The summed E-state index contributed by atoms with van der Waals surface area (Å²) in [4.78, 5) is 28.4. The zero-order valence-electron chi connectivity index (χ0n) is 20.6. The van der Waals surface area contributed by atoms with Crippen molar-refractivity contribution < 1.29 is 27.5 Å². The Morgan fingerprint density at radius 3 is 2.67 bits per heavy atom. The Labute approximate surface area is 226 Å². The number of anilines is 1. The number of aryl methyl sites for hydroxylation is 1. The molecule has 0 spiro atoms. The van der Waals surface area contributed by atoms with Gasteiger partial charge in [0, 0.05) is 38.1 Å². The number of nitrogens with two attached hydrogens (primary N) is 2. The summed E-state index contributed by atoms with van der Waals surface area (Å²) in [5, 5.41) is 15.6. The SMILES string of the molecule is N/C(=C\N(N)CCCCc1nnc(NC(=O)Cc2cccc(OC(F)(F)F)c2)s1)C(=O)NCc1cccnc1. The molecule has 0 aliphatic carbocycles. The van der Waals surface area contributed by atoms with Gasteiger partial charge in [-0.3, -0.25) is 14.6 Å². The Balaban J connectivity index is 1.36. The lowest BCUT2D eigenvalue weighted by Gasteiger charge is -2.14. The van der Waals surface area contributed by atoms with Crippen LogP contribution in [-0.2, 0) is 29.0 Å². The van der Waals surface area contributed by atoms with E-state index in [-0.39, 0.29) is 17.2 Å². The molecule has 3 rings (SSSR count). The lowest BCUT2D eigenvalue weighted by molar-refractivity contribution is -0.274. The summed E-state index contributed by atoms with van der Waals surface area (Å²) in [6.45, 7) is 0.732. The molecular weight excluding hydrogens is 537 g/mol. The Morgan fingerprint density at radius 1 is 1.13 bits per heavy atom. The van der Waals surface area contributed by atoms with E-state index in [9.17, 15) is 22.8 Å². The van der Waals surface area contributed by atoms with Crippen LogP contribution in [0.3, 0.4) is 0 Å². The lowest BCUT2D eigenvalue weighted by atomic mass is 10.1. The molecule has 0 atom stereocenters. The van der Waals surface area contributed by atoms with Crippen molar-refractivity contribution in [3.05, 3.63) is 76.8 Å². The summed E-state index contributed by atoms with van der Waals surface area (Å²) in [6.07, 6.45) is 1.65. The second kappa shape index (κ2) is 14.1. The molecule has 0 radical (unpaired) electrons. The summed E-state index contributed by atoms with van der Waals surface area (Å²) in [5.41, 5.74) is 6.98. The van der Waals surface area contributed by atoms with E-state index >= 15 is 0 Å². The van der Waals surface area contributed by atoms with Gasteiger partial charge in [0.25, 0.3) is 5.91 Å². The summed E-state index contributed by atoms with van der Waals surface area (Å²) in [5.74, 6) is 4.62. The molecule has 2 aromatic heterocycles. The first kappa shape index (κ1) is 29.3. The number of rotatable bonds is 13. The highest BCUT2D eigenvalue weighted by atomic mass is 32.1. The van der Waals surface area contributed by atoms with Crippen LogP contribution in [0.25, 0.3) is 0 Å². The smallest absolute Gasteiger partial charge is 0.406 e. The number of hydrazine groups is 1. The highest BCUT2D eigenvalue weighted by Gasteiger charge is 2.31. The van der Waals surface area contributed by atoms with E-state index in [2.05, 4.69) is 30.6 Å². The van der Waals surface area contributed by atoms with Crippen molar-refractivity contribution in [3.63, 3.8) is 0 Å². The van der Waals surface area contributed by atoms with E-state index < -0.39 is 23.9 Å². The molecular formula is C24H27F3N8O3S. The summed E-state index contributed by atoms with van der Waals surface area (Å²) in [6, 6.07) is 8.80. The topological polar surface area (TPSA) is 161 Å². The van der Waals surface area contributed by atoms with E-state index in [1.165, 1.54) is 34.7 Å². The molecule has 0 aliphatic rings. The molecule has 0 unspecified atom stereocenters. The zero-order chi connectivity index (χ0) is 28.3. The van der Waals surface area contributed by atoms with Crippen LogP contribution < -0.4 is 26.9 Å². The molecule has 0 fully saturated rings. The number of hydrogen-bond acceptors (Lipinski definition) is 10. The number of carbonyl (C=O) groups is 2. The zero-order valence-corrected chi connectivity index (χ0v) is 21.5. The van der Waals surface area contributed by atoms with Crippen molar-refractivity contribution in [2.24, 2.45) is 11.6 Å². The number of carbonyl (C=O) groups excluding carboxylic acids is 2. The third-order valence-electron chi connectivity index (χ3n) is 5.01. The lowest BCUT2D eigenvalue weighted by Crippen LogP contribution is -2.33. The molecule has 2 amide bonds. The van der Waals surface area contributed by atoms with Crippen molar-refractivity contribution in [2.45, 2.75) is 38.6 Å². The fraction of sp³-hybridized carbons (Fsp3) is 0.292. The monoisotopic (exact) mass is 564 g/mol. The van der Waals surface area contributed by atoms with E-state index in [4.69, 9.17) is 11.6 Å². The van der Waals surface area contributed by atoms with Crippen molar-refractivity contribution in [1.29, 1.82) is 0 Å². The fourth-order valence-corrected chi connectivity index (χ4v) is 4.06. The number of alkyl halides is 3. The van der Waals surface area contributed by atoms with Crippen LogP contribution >= 0.6 is 11.3 Å². The predicted octanol–water partition coefficient (Wildman–Crippen LogP) is 2.63. The Morgan fingerprint density at radius 2 is 1.92 bits per heavy atom. The first-order valence-electron chi connectivity index (χ1n) is 11.7. The number of unbranched alkanes of at least 4 members (excludes halogenated alkanes) is 1. The molecule has 208 valence electrons. The molecule has 2 heterocycles. The summed E-state index contributed by atoms with van der Waals surface area (Å²) in [7, 11) is 0. The number of nitrogens with one attached hydrogen (secondary N) is 2. The number of nitrogens with zero attached hydrogens (tertiary/aromatic N) is 4. The van der Waals surface area contributed by atoms with Gasteiger partial charge in [-0.2, -0.15) is 0 Å². The van der Waals surface area contributed by atoms with Gasteiger partial charge in [-0.25, -0.2) is 5.84 Å². The first-order valence-corrected chi connectivity index (χ1v) is 12.5. The second-order valence-electron chi connectivity index (χ2n) is 8.24. The van der Waals surface area contributed by atoms with Gasteiger partial charge in [-0.15, -0.1) is 23.4 Å². The molecule has 3 aromatic rings. The van der Waals surface area contributed by atoms with Gasteiger partial charge in [0.15, 0.2) is 0 Å². The van der Waals surface area contributed by atoms with E-state index in [0.717, 1.165) is 17.7 Å². The van der Waals surface area contributed by atoms with Crippen LogP contribution in [0.5, 0.6) is 5.75 Å². The molecule has 0 saturated heterocycles.